The lowest BCUT2D eigenvalue weighted by molar-refractivity contribution is -0.370. The summed E-state index contributed by atoms with van der Waals surface area (Å²) >= 11 is 6.66. The Morgan fingerprint density at radius 1 is 1.16 bits per heavy atom. The minimum absolute atomic E-state index is 0.0753. The molecule has 0 spiro atoms. The number of aromatic hydroxyl groups is 1. The fraction of sp³-hybridized carbons (Fsp3) is 0.696. The van der Waals surface area contributed by atoms with E-state index in [-0.39, 0.29) is 30.1 Å². The lowest BCUT2D eigenvalue weighted by Gasteiger charge is -2.44. The molecule has 0 aromatic heterocycles. The monoisotopic (exact) mass is 548 g/mol. The zero-order chi connectivity index (χ0) is 26.6. The van der Waals surface area contributed by atoms with E-state index in [1.807, 2.05) is 0 Å². The largest absolute Gasteiger partial charge is 0.504 e. The van der Waals surface area contributed by atoms with Gasteiger partial charge in [-0.3, -0.25) is 0 Å². The molecule has 0 radical (unpaired) electrons. The Balaban J connectivity index is 1.38. The lowest BCUT2D eigenvalue weighted by Crippen LogP contribution is -2.61. The molecule has 4 heterocycles. The predicted octanol–water partition coefficient (Wildman–Crippen LogP) is -1.57. The SMILES string of the molecule is COc1cc(C(=O)OC2C3CC4OCC(O)(C2Cl)C3C(OC2OC(CO)C(O)C(O)C2O)O4)ccc1O. The summed E-state index contributed by atoms with van der Waals surface area (Å²) in [4.78, 5) is 13.0. The quantitative estimate of drug-likeness (QED) is 0.176. The minimum Gasteiger partial charge on any atom is -0.504 e. The molecule has 4 saturated heterocycles. The Bertz CT molecular complexity index is 1010. The van der Waals surface area contributed by atoms with Crippen LogP contribution in [0.1, 0.15) is 16.8 Å². The summed E-state index contributed by atoms with van der Waals surface area (Å²) in [5.41, 5.74) is -1.68. The van der Waals surface area contributed by atoms with Crippen molar-refractivity contribution in [3.05, 3.63) is 23.8 Å². The number of methoxy groups -OCH3 is 1. The Morgan fingerprint density at radius 2 is 1.92 bits per heavy atom. The molecule has 13 nitrogen and oxygen atoms in total. The maximum atomic E-state index is 13.0. The van der Waals surface area contributed by atoms with Crippen molar-refractivity contribution >= 4 is 17.6 Å². The number of carbonyl (C=O) groups excluding carboxylic acids is 1. The molecule has 5 aliphatic rings. The molecular formula is C23H29ClO13. The van der Waals surface area contributed by atoms with E-state index in [1.165, 1.54) is 25.3 Å². The van der Waals surface area contributed by atoms with Crippen molar-refractivity contribution in [2.45, 2.75) is 66.8 Å². The van der Waals surface area contributed by atoms with Crippen LogP contribution >= 0.6 is 11.6 Å². The third kappa shape index (κ3) is 4.46. The number of rotatable bonds is 6. The highest BCUT2D eigenvalue weighted by atomic mass is 35.5. The van der Waals surface area contributed by atoms with Gasteiger partial charge in [0, 0.05) is 18.3 Å². The summed E-state index contributed by atoms with van der Waals surface area (Å²) in [6.07, 6.45) is -10.6. The van der Waals surface area contributed by atoms with Crippen LogP contribution in [0.5, 0.6) is 11.5 Å². The van der Waals surface area contributed by atoms with Gasteiger partial charge in [0.05, 0.1) is 25.9 Å². The molecule has 5 fully saturated rings. The van der Waals surface area contributed by atoms with Crippen LogP contribution in [0.4, 0.5) is 0 Å². The zero-order valence-electron chi connectivity index (χ0n) is 19.6. The van der Waals surface area contributed by atoms with E-state index < -0.39 is 84.8 Å². The summed E-state index contributed by atoms with van der Waals surface area (Å²) in [5, 5.41) is 60.3. The zero-order valence-corrected chi connectivity index (χ0v) is 20.4. The van der Waals surface area contributed by atoms with Gasteiger partial charge < -0.3 is 59.1 Å². The van der Waals surface area contributed by atoms with E-state index in [4.69, 9.17) is 40.0 Å². The van der Waals surface area contributed by atoms with Crippen LogP contribution in [0.3, 0.4) is 0 Å². The van der Waals surface area contributed by atoms with E-state index in [2.05, 4.69) is 0 Å². The van der Waals surface area contributed by atoms with Crippen LogP contribution < -0.4 is 4.74 Å². The van der Waals surface area contributed by atoms with E-state index in [0.717, 1.165) is 0 Å². The molecule has 37 heavy (non-hydrogen) atoms. The van der Waals surface area contributed by atoms with Gasteiger partial charge in [-0.15, -0.1) is 11.6 Å². The predicted molar refractivity (Wildman–Crippen MR) is 120 cm³/mol. The second-order valence-electron chi connectivity index (χ2n) is 9.65. The first-order chi connectivity index (χ1) is 17.6. The van der Waals surface area contributed by atoms with Crippen molar-refractivity contribution in [1.29, 1.82) is 0 Å². The van der Waals surface area contributed by atoms with E-state index >= 15 is 0 Å². The normalized spacial score (nSPS) is 44.9. The molecule has 12 unspecified atom stereocenters. The van der Waals surface area contributed by atoms with Gasteiger partial charge in [-0.1, -0.05) is 0 Å². The van der Waals surface area contributed by atoms with Crippen molar-refractivity contribution in [1.82, 2.24) is 0 Å². The first-order valence-electron chi connectivity index (χ1n) is 11.8. The number of aliphatic hydroxyl groups excluding tert-OH is 4. The molecule has 1 aromatic rings. The molecule has 1 aromatic carbocycles. The van der Waals surface area contributed by atoms with Crippen LogP contribution in [0, 0.1) is 11.8 Å². The van der Waals surface area contributed by atoms with Gasteiger partial charge in [-0.2, -0.15) is 0 Å². The number of aliphatic hydroxyl groups is 5. The van der Waals surface area contributed by atoms with Crippen molar-refractivity contribution in [3.8, 4) is 11.5 Å². The van der Waals surface area contributed by atoms with Crippen molar-refractivity contribution in [2.24, 2.45) is 11.8 Å². The number of esters is 1. The highest BCUT2D eigenvalue weighted by Crippen LogP contribution is 2.55. The summed E-state index contributed by atoms with van der Waals surface area (Å²) in [6.45, 7) is -0.898. The summed E-state index contributed by atoms with van der Waals surface area (Å²) in [5.74, 6) is -2.32. The number of fused-ring (bicyclic) bond motifs is 2. The standard InChI is InChI=1S/C23H29ClO13/c1-32-11-4-8(2-3-10(11)26)20(30)36-18-9-5-13-33-7-23(31,19(18)24)14(9)21(35-13)37-22-17(29)16(28)15(27)12(6-25)34-22/h2-4,9,12-19,21-22,25-29,31H,5-7H2,1H3. The molecule has 6 N–H and O–H groups in total. The Kier molecular flexibility index (Phi) is 7.30. The number of benzene rings is 1. The molecule has 6 rings (SSSR count). The highest BCUT2D eigenvalue weighted by Gasteiger charge is 2.68. The fourth-order valence-electron chi connectivity index (χ4n) is 5.57. The van der Waals surface area contributed by atoms with Gasteiger partial charge >= 0.3 is 5.97 Å². The molecule has 1 saturated carbocycles. The van der Waals surface area contributed by atoms with Crippen LogP contribution in [-0.4, -0.2) is 117 Å². The third-order valence-electron chi connectivity index (χ3n) is 7.55. The van der Waals surface area contributed by atoms with E-state index in [9.17, 15) is 35.4 Å². The number of halogens is 1. The van der Waals surface area contributed by atoms with E-state index in [1.54, 1.807) is 0 Å². The smallest absolute Gasteiger partial charge is 0.338 e. The van der Waals surface area contributed by atoms with Gasteiger partial charge in [-0.05, 0) is 18.2 Å². The number of hydrogen-bond donors (Lipinski definition) is 6. The first kappa shape index (κ1) is 26.8. The summed E-state index contributed by atoms with van der Waals surface area (Å²) in [7, 11) is 1.34. The molecular weight excluding hydrogens is 520 g/mol. The fourth-order valence-corrected chi connectivity index (χ4v) is 6.02. The van der Waals surface area contributed by atoms with Crippen LogP contribution in [0.25, 0.3) is 0 Å². The van der Waals surface area contributed by atoms with Gasteiger partial charge in [-0.25, -0.2) is 4.79 Å². The van der Waals surface area contributed by atoms with Gasteiger partial charge in [0.15, 0.2) is 30.4 Å². The topological polar surface area (TPSA) is 194 Å². The van der Waals surface area contributed by atoms with Gasteiger partial charge in [0.1, 0.15) is 41.5 Å². The molecule has 12 atom stereocenters. The summed E-state index contributed by atoms with van der Waals surface area (Å²) < 4.78 is 33.5. The Morgan fingerprint density at radius 3 is 2.62 bits per heavy atom. The molecule has 14 heteroatoms. The van der Waals surface area contributed by atoms with Crippen LogP contribution in [0.15, 0.2) is 18.2 Å². The molecule has 206 valence electrons. The lowest BCUT2D eigenvalue weighted by atomic mass is 9.83. The van der Waals surface area contributed by atoms with E-state index in [0.29, 0.717) is 0 Å². The molecule has 4 aliphatic heterocycles. The van der Waals surface area contributed by atoms with Gasteiger partial charge in [0.2, 0.25) is 0 Å². The molecule has 1 aliphatic carbocycles. The number of carbonyl (C=O) groups is 1. The first-order valence-corrected chi connectivity index (χ1v) is 12.2. The highest BCUT2D eigenvalue weighted by molar-refractivity contribution is 6.22. The number of ether oxygens (including phenoxy) is 6. The maximum absolute atomic E-state index is 13.0. The minimum atomic E-state index is -1.77. The van der Waals surface area contributed by atoms with Crippen molar-refractivity contribution in [2.75, 3.05) is 20.3 Å². The molecule has 0 amide bonds. The second-order valence-corrected chi connectivity index (χ2v) is 10.1. The van der Waals surface area contributed by atoms with Gasteiger partial charge in [0.25, 0.3) is 0 Å². The summed E-state index contributed by atoms with van der Waals surface area (Å²) in [6, 6.07) is 3.95. The Labute approximate surface area is 216 Å². The maximum Gasteiger partial charge on any atom is 0.338 e. The van der Waals surface area contributed by atoms with Crippen LogP contribution in [0.2, 0.25) is 0 Å². The number of phenols is 1. The number of alkyl halides is 1. The number of hydrogen-bond acceptors (Lipinski definition) is 13. The Hall–Kier alpha value is -1.78. The second kappa shape index (κ2) is 10.1. The van der Waals surface area contributed by atoms with Crippen molar-refractivity contribution in [3.63, 3.8) is 0 Å². The number of phenolic OH excluding ortho intramolecular Hbond substituents is 1. The average molecular weight is 549 g/mol. The molecule has 4 bridgehead atoms. The third-order valence-corrected chi connectivity index (χ3v) is 8.17. The average Bonchev–Trinajstić information content (AvgIpc) is 3.00. The van der Waals surface area contributed by atoms with Crippen molar-refractivity contribution < 1.29 is 63.9 Å². The van der Waals surface area contributed by atoms with Crippen LogP contribution in [-0.2, 0) is 23.7 Å².